The van der Waals surface area contributed by atoms with E-state index in [1.54, 1.807) is 0 Å². The van der Waals surface area contributed by atoms with E-state index in [4.69, 9.17) is 0 Å². The summed E-state index contributed by atoms with van der Waals surface area (Å²) in [5.41, 5.74) is 1.83. The van der Waals surface area contributed by atoms with Gasteiger partial charge in [0.1, 0.15) is 0 Å². The van der Waals surface area contributed by atoms with Crippen LogP contribution in [0.2, 0.25) is 0 Å². The molecule has 114 valence electrons. The number of rotatable bonds is 3. The standard InChI is InChI=1S/C18H25NOS/c1-17(2)14-9-10-18(17,3)15(11-14)19-16(20)21-12-13-7-5-4-6-8-13/h4-8,14-15H,9-12H2,1-3H3,(H,19,20)/t14-,15-,18+/m1/s1. The summed E-state index contributed by atoms with van der Waals surface area (Å²) in [7, 11) is 0. The molecule has 1 aromatic rings. The van der Waals surface area contributed by atoms with E-state index in [0.29, 0.717) is 11.5 Å². The van der Waals surface area contributed by atoms with Crippen molar-refractivity contribution in [3.63, 3.8) is 0 Å². The Bertz CT molecular complexity index is 527. The number of hydrogen-bond donors (Lipinski definition) is 1. The van der Waals surface area contributed by atoms with E-state index in [0.717, 1.165) is 18.1 Å². The molecule has 0 aliphatic heterocycles. The zero-order valence-corrected chi connectivity index (χ0v) is 14.0. The van der Waals surface area contributed by atoms with Gasteiger partial charge in [-0.05, 0) is 41.6 Å². The minimum atomic E-state index is 0.133. The maximum Gasteiger partial charge on any atom is 0.279 e. The molecule has 0 radical (unpaired) electrons. The van der Waals surface area contributed by atoms with Crippen LogP contribution in [0.5, 0.6) is 0 Å². The van der Waals surface area contributed by atoms with E-state index in [-0.39, 0.29) is 10.7 Å². The molecule has 2 aliphatic rings. The van der Waals surface area contributed by atoms with E-state index >= 15 is 0 Å². The molecule has 0 unspecified atom stereocenters. The van der Waals surface area contributed by atoms with Gasteiger partial charge in [0.15, 0.2) is 0 Å². The van der Waals surface area contributed by atoms with Gasteiger partial charge in [-0.25, -0.2) is 0 Å². The van der Waals surface area contributed by atoms with Crippen LogP contribution in [0, 0.1) is 16.7 Å². The Morgan fingerprint density at radius 2 is 2.00 bits per heavy atom. The van der Waals surface area contributed by atoms with Crippen LogP contribution >= 0.6 is 11.8 Å². The van der Waals surface area contributed by atoms with E-state index < -0.39 is 0 Å². The quantitative estimate of drug-likeness (QED) is 0.865. The van der Waals surface area contributed by atoms with Crippen molar-refractivity contribution >= 4 is 17.0 Å². The zero-order valence-electron chi connectivity index (χ0n) is 13.2. The molecule has 3 rings (SSSR count). The SMILES string of the molecule is CC1(C)[C@@H]2CC[C@@]1(C)[C@H](NC(=O)SCc1ccccc1)C2. The Kier molecular flexibility index (Phi) is 3.81. The van der Waals surface area contributed by atoms with E-state index in [1.165, 1.54) is 30.2 Å². The minimum Gasteiger partial charge on any atom is -0.344 e. The number of hydrogen-bond acceptors (Lipinski definition) is 2. The minimum absolute atomic E-state index is 0.133. The predicted octanol–water partition coefficient (Wildman–Crippen LogP) is 4.84. The van der Waals surface area contributed by atoms with Gasteiger partial charge in [0.05, 0.1) is 0 Å². The van der Waals surface area contributed by atoms with Crippen LogP contribution in [0.25, 0.3) is 0 Å². The summed E-state index contributed by atoms with van der Waals surface area (Å²) in [4.78, 5) is 12.3. The summed E-state index contributed by atoms with van der Waals surface area (Å²) in [5, 5.41) is 3.43. The lowest BCUT2D eigenvalue weighted by molar-refractivity contribution is 0.126. The predicted molar refractivity (Wildman–Crippen MR) is 89.3 cm³/mol. The van der Waals surface area contributed by atoms with Gasteiger partial charge in [0.2, 0.25) is 0 Å². The Morgan fingerprint density at radius 3 is 2.57 bits per heavy atom. The second-order valence-electron chi connectivity index (χ2n) is 7.37. The van der Waals surface area contributed by atoms with Crippen molar-refractivity contribution in [3.05, 3.63) is 35.9 Å². The summed E-state index contributed by atoms with van der Waals surface area (Å²) >= 11 is 1.39. The molecule has 1 aromatic carbocycles. The number of carbonyl (C=O) groups excluding carboxylic acids is 1. The smallest absolute Gasteiger partial charge is 0.279 e. The van der Waals surface area contributed by atoms with Gasteiger partial charge in [-0.1, -0.05) is 62.9 Å². The molecule has 0 saturated heterocycles. The van der Waals surface area contributed by atoms with Crippen molar-refractivity contribution in [2.75, 3.05) is 0 Å². The lowest BCUT2D eigenvalue weighted by atomic mass is 9.69. The fourth-order valence-corrected chi connectivity index (χ4v) is 5.04. The molecule has 2 saturated carbocycles. The highest BCUT2D eigenvalue weighted by Crippen LogP contribution is 2.65. The van der Waals surface area contributed by atoms with Crippen molar-refractivity contribution in [3.8, 4) is 0 Å². The van der Waals surface area contributed by atoms with E-state index in [9.17, 15) is 4.79 Å². The molecule has 2 bridgehead atoms. The molecule has 0 spiro atoms. The second kappa shape index (κ2) is 5.35. The van der Waals surface area contributed by atoms with Crippen LogP contribution in [0.4, 0.5) is 4.79 Å². The van der Waals surface area contributed by atoms with Crippen LogP contribution in [-0.4, -0.2) is 11.3 Å². The first kappa shape index (κ1) is 15.0. The third-order valence-electron chi connectivity index (χ3n) is 6.30. The van der Waals surface area contributed by atoms with Crippen LogP contribution in [0.1, 0.15) is 45.6 Å². The maximum atomic E-state index is 12.3. The van der Waals surface area contributed by atoms with Crippen molar-refractivity contribution in [1.29, 1.82) is 0 Å². The molecular formula is C18H25NOS. The Labute approximate surface area is 132 Å². The number of amides is 1. The third-order valence-corrected chi connectivity index (χ3v) is 7.16. The van der Waals surface area contributed by atoms with E-state index in [2.05, 4.69) is 38.2 Å². The van der Waals surface area contributed by atoms with Crippen LogP contribution in [-0.2, 0) is 5.75 Å². The Hall–Kier alpha value is -0.960. The number of carbonyl (C=O) groups is 1. The maximum absolute atomic E-state index is 12.3. The summed E-state index contributed by atoms with van der Waals surface area (Å²) in [6.07, 6.45) is 3.73. The van der Waals surface area contributed by atoms with E-state index in [1.807, 2.05) is 18.2 Å². The molecule has 2 aliphatic carbocycles. The molecular weight excluding hydrogens is 278 g/mol. The van der Waals surface area contributed by atoms with Crippen LogP contribution in [0.15, 0.2) is 30.3 Å². The highest BCUT2D eigenvalue weighted by molar-refractivity contribution is 8.12. The molecule has 1 amide bonds. The van der Waals surface area contributed by atoms with Gasteiger partial charge in [-0.15, -0.1) is 0 Å². The topological polar surface area (TPSA) is 29.1 Å². The van der Waals surface area contributed by atoms with Crippen LogP contribution < -0.4 is 5.32 Å². The highest BCUT2D eigenvalue weighted by atomic mass is 32.2. The monoisotopic (exact) mass is 303 g/mol. The molecule has 21 heavy (non-hydrogen) atoms. The lowest BCUT2D eigenvalue weighted by Crippen LogP contribution is -2.45. The molecule has 2 nitrogen and oxygen atoms in total. The first-order chi connectivity index (χ1) is 9.93. The average Bonchev–Trinajstić information content (AvgIpc) is 2.79. The summed E-state index contributed by atoms with van der Waals surface area (Å²) in [6, 6.07) is 10.5. The average molecular weight is 303 g/mol. The molecule has 2 fully saturated rings. The number of thioether (sulfide) groups is 1. The summed E-state index contributed by atoms with van der Waals surface area (Å²) in [6.45, 7) is 7.13. The zero-order chi connectivity index (χ0) is 15.1. The molecule has 3 atom stereocenters. The number of fused-ring (bicyclic) bond motifs is 2. The van der Waals surface area contributed by atoms with Gasteiger partial charge in [-0.2, -0.15) is 0 Å². The summed E-state index contributed by atoms with van der Waals surface area (Å²) < 4.78 is 0. The first-order valence-electron chi connectivity index (χ1n) is 7.91. The van der Waals surface area contributed by atoms with Gasteiger partial charge < -0.3 is 5.32 Å². The number of nitrogens with one attached hydrogen (secondary N) is 1. The van der Waals surface area contributed by atoms with Gasteiger partial charge in [0, 0.05) is 11.8 Å². The molecule has 0 heterocycles. The van der Waals surface area contributed by atoms with Crippen molar-refractivity contribution in [1.82, 2.24) is 5.32 Å². The molecule has 3 heteroatoms. The summed E-state index contributed by atoms with van der Waals surface area (Å²) in [5.74, 6) is 1.52. The van der Waals surface area contributed by atoms with Gasteiger partial charge >= 0.3 is 0 Å². The highest BCUT2D eigenvalue weighted by Gasteiger charge is 2.61. The van der Waals surface area contributed by atoms with Crippen molar-refractivity contribution < 1.29 is 4.79 Å². The second-order valence-corrected chi connectivity index (χ2v) is 8.32. The lowest BCUT2D eigenvalue weighted by Gasteiger charge is -2.39. The van der Waals surface area contributed by atoms with Crippen molar-refractivity contribution in [2.24, 2.45) is 16.7 Å². The number of benzene rings is 1. The first-order valence-corrected chi connectivity index (χ1v) is 8.89. The third kappa shape index (κ3) is 2.50. The fourth-order valence-electron chi connectivity index (χ4n) is 4.33. The van der Waals surface area contributed by atoms with Gasteiger partial charge in [0.25, 0.3) is 5.24 Å². The van der Waals surface area contributed by atoms with Crippen molar-refractivity contribution in [2.45, 2.75) is 51.8 Å². The van der Waals surface area contributed by atoms with Crippen LogP contribution in [0.3, 0.4) is 0 Å². The Balaban J connectivity index is 1.57. The molecule has 1 N–H and O–H groups in total. The fraction of sp³-hybridized carbons (Fsp3) is 0.611. The normalized spacial score (nSPS) is 33.1. The largest absolute Gasteiger partial charge is 0.344 e. The Morgan fingerprint density at radius 1 is 1.29 bits per heavy atom. The molecule has 0 aromatic heterocycles. The van der Waals surface area contributed by atoms with Gasteiger partial charge in [-0.3, -0.25) is 4.79 Å².